The third-order valence-corrected chi connectivity index (χ3v) is 4.04. The third kappa shape index (κ3) is 3.97. The Morgan fingerprint density at radius 1 is 1.15 bits per heavy atom. The highest BCUT2D eigenvalue weighted by Gasteiger charge is 2.31. The second-order valence-corrected chi connectivity index (χ2v) is 6.02. The molecule has 0 amide bonds. The lowest BCUT2D eigenvalue weighted by molar-refractivity contribution is -0.144. The molecule has 0 saturated carbocycles. The number of carbonyl (C=O) groups excluding carboxylic acids is 1. The Morgan fingerprint density at radius 2 is 1.85 bits per heavy atom. The first-order valence-corrected chi connectivity index (χ1v) is 8.06. The summed E-state index contributed by atoms with van der Waals surface area (Å²) >= 11 is 5.89. The van der Waals surface area contributed by atoms with Gasteiger partial charge in [-0.25, -0.2) is 4.79 Å². The molecule has 1 aromatic heterocycles. The van der Waals surface area contributed by atoms with Gasteiger partial charge in [-0.05, 0) is 37.3 Å². The zero-order valence-electron chi connectivity index (χ0n) is 14.1. The van der Waals surface area contributed by atoms with Crippen molar-refractivity contribution in [3.05, 3.63) is 47.0 Å². The first-order chi connectivity index (χ1) is 12.7. The van der Waals surface area contributed by atoms with Gasteiger partial charge in [0.15, 0.2) is 6.04 Å². The summed E-state index contributed by atoms with van der Waals surface area (Å²) in [5.74, 6) is -0.121. The topological polar surface area (TPSA) is 66.2 Å². The Bertz CT molecular complexity index is 1000. The first-order valence-electron chi connectivity index (χ1n) is 7.68. The standard InChI is InChI=1S/C17H13ClF3N3O3/c1-9(16(25)26-2)24-22-13-5-4-11(8-14(13)23-24)27-15-6-3-10(7-12(15)18)17(19,20)21/h3-9H,1-2H3. The minimum Gasteiger partial charge on any atom is -0.467 e. The number of hydrogen-bond acceptors (Lipinski definition) is 5. The van der Waals surface area contributed by atoms with Crippen LogP contribution in [0.1, 0.15) is 18.5 Å². The molecule has 142 valence electrons. The molecule has 0 fully saturated rings. The van der Waals surface area contributed by atoms with Gasteiger partial charge in [0.05, 0.1) is 17.7 Å². The third-order valence-electron chi connectivity index (χ3n) is 3.74. The molecule has 0 aliphatic rings. The minimum absolute atomic E-state index is 0.0688. The molecular formula is C17H13ClF3N3O3. The van der Waals surface area contributed by atoms with E-state index in [-0.39, 0.29) is 10.8 Å². The number of alkyl halides is 3. The highest BCUT2D eigenvalue weighted by atomic mass is 35.5. The van der Waals surface area contributed by atoms with E-state index in [4.69, 9.17) is 16.3 Å². The van der Waals surface area contributed by atoms with Crippen LogP contribution in [-0.2, 0) is 15.7 Å². The summed E-state index contributed by atoms with van der Waals surface area (Å²) in [7, 11) is 1.27. The number of carbonyl (C=O) groups is 1. The van der Waals surface area contributed by atoms with Crippen LogP contribution < -0.4 is 4.74 Å². The highest BCUT2D eigenvalue weighted by Crippen LogP contribution is 2.36. The Morgan fingerprint density at radius 3 is 2.48 bits per heavy atom. The van der Waals surface area contributed by atoms with Gasteiger partial charge in [-0.1, -0.05) is 11.6 Å². The Balaban J connectivity index is 1.87. The molecule has 1 heterocycles. The average Bonchev–Trinajstić information content (AvgIpc) is 3.04. The Labute approximate surface area is 156 Å². The van der Waals surface area contributed by atoms with Crippen molar-refractivity contribution in [2.24, 2.45) is 0 Å². The van der Waals surface area contributed by atoms with E-state index < -0.39 is 23.8 Å². The van der Waals surface area contributed by atoms with Crippen molar-refractivity contribution in [2.75, 3.05) is 7.11 Å². The fourth-order valence-electron chi connectivity index (χ4n) is 2.30. The van der Waals surface area contributed by atoms with Crippen molar-refractivity contribution in [3.63, 3.8) is 0 Å². The molecule has 1 unspecified atom stereocenters. The van der Waals surface area contributed by atoms with Crippen LogP contribution in [0.4, 0.5) is 13.2 Å². The van der Waals surface area contributed by atoms with Crippen molar-refractivity contribution >= 4 is 28.6 Å². The summed E-state index contributed by atoms with van der Waals surface area (Å²) in [5, 5.41) is 8.21. The SMILES string of the molecule is COC(=O)C(C)n1nc2ccc(Oc3ccc(C(F)(F)F)cc3Cl)cc2n1. The predicted octanol–water partition coefficient (Wildman–Crippen LogP) is 4.63. The van der Waals surface area contributed by atoms with Crippen molar-refractivity contribution in [3.8, 4) is 11.5 Å². The van der Waals surface area contributed by atoms with Gasteiger partial charge in [-0.3, -0.25) is 0 Å². The quantitative estimate of drug-likeness (QED) is 0.598. The number of fused-ring (bicyclic) bond motifs is 1. The maximum absolute atomic E-state index is 12.7. The zero-order chi connectivity index (χ0) is 19.8. The number of rotatable bonds is 4. The van der Waals surface area contributed by atoms with Gasteiger partial charge >= 0.3 is 12.1 Å². The van der Waals surface area contributed by atoms with Crippen LogP contribution in [0.15, 0.2) is 36.4 Å². The molecule has 0 aliphatic heterocycles. The normalized spacial score (nSPS) is 12.8. The number of hydrogen-bond donors (Lipinski definition) is 0. The summed E-state index contributed by atoms with van der Waals surface area (Å²) in [6.45, 7) is 1.59. The molecule has 0 aliphatic carbocycles. The van der Waals surface area contributed by atoms with Crippen LogP contribution in [0, 0.1) is 0 Å². The summed E-state index contributed by atoms with van der Waals surface area (Å²) in [6.07, 6.45) is -4.49. The molecule has 10 heteroatoms. The molecule has 0 saturated heterocycles. The second-order valence-electron chi connectivity index (χ2n) is 5.62. The van der Waals surface area contributed by atoms with Crippen LogP contribution >= 0.6 is 11.6 Å². The number of nitrogens with zero attached hydrogens (tertiary/aromatic N) is 3. The Hall–Kier alpha value is -2.81. The van der Waals surface area contributed by atoms with E-state index in [1.807, 2.05) is 0 Å². The van der Waals surface area contributed by atoms with E-state index >= 15 is 0 Å². The molecule has 3 rings (SSSR count). The van der Waals surface area contributed by atoms with Gasteiger partial charge in [-0.2, -0.15) is 28.2 Å². The maximum Gasteiger partial charge on any atom is 0.416 e. The number of esters is 1. The van der Waals surface area contributed by atoms with Gasteiger partial charge in [0.1, 0.15) is 22.5 Å². The fraction of sp³-hybridized carbons (Fsp3) is 0.235. The molecule has 0 radical (unpaired) electrons. The van der Waals surface area contributed by atoms with Crippen LogP contribution in [0.25, 0.3) is 11.0 Å². The highest BCUT2D eigenvalue weighted by molar-refractivity contribution is 6.32. The van der Waals surface area contributed by atoms with E-state index in [0.717, 1.165) is 18.2 Å². The smallest absolute Gasteiger partial charge is 0.416 e. The summed E-state index contributed by atoms with van der Waals surface area (Å²) in [4.78, 5) is 12.8. The fourth-order valence-corrected chi connectivity index (χ4v) is 2.52. The van der Waals surface area contributed by atoms with Crippen LogP contribution in [0.5, 0.6) is 11.5 Å². The summed E-state index contributed by atoms with van der Waals surface area (Å²) in [5.41, 5.74) is 0.0814. The lowest BCUT2D eigenvalue weighted by atomic mass is 10.2. The first kappa shape index (κ1) is 19.0. The number of halogens is 4. The maximum atomic E-state index is 12.7. The van der Waals surface area contributed by atoms with Crippen molar-refractivity contribution in [2.45, 2.75) is 19.1 Å². The van der Waals surface area contributed by atoms with Gasteiger partial charge in [0, 0.05) is 6.07 Å². The molecular weight excluding hydrogens is 387 g/mol. The number of benzene rings is 2. The largest absolute Gasteiger partial charge is 0.467 e. The van der Waals surface area contributed by atoms with Crippen LogP contribution in [0.3, 0.4) is 0 Å². The van der Waals surface area contributed by atoms with E-state index in [1.165, 1.54) is 18.0 Å². The van der Waals surface area contributed by atoms with Crippen molar-refractivity contribution < 1.29 is 27.4 Å². The molecule has 27 heavy (non-hydrogen) atoms. The van der Waals surface area contributed by atoms with E-state index in [2.05, 4.69) is 14.9 Å². The second kappa shape index (κ2) is 7.07. The predicted molar refractivity (Wildman–Crippen MR) is 90.8 cm³/mol. The number of ether oxygens (including phenoxy) is 2. The lowest BCUT2D eigenvalue weighted by Crippen LogP contribution is -2.19. The molecule has 0 bridgehead atoms. The number of aromatic nitrogens is 3. The van der Waals surface area contributed by atoms with Gasteiger partial charge in [0.25, 0.3) is 0 Å². The molecule has 6 nitrogen and oxygen atoms in total. The van der Waals surface area contributed by atoms with Crippen LogP contribution in [0.2, 0.25) is 5.02 Å². The molecule has 3 aromatic rings. The van der Waals surface area contributed by atoms with E-state index in [1.54, 1.807) is 19.1 Å². The molecule has 0 spiro atoms. The average molecular weight is 400 g/mol. The molecule has 0 N–H and O–H groups in total. The van der Waals surface area contributed by atoms with Crippen molar-refractivity contribution in [1.29, 1.82) is 0 Å². The van der Waals surface area contributed by atoms with Crippen LogP contribution in [-0.4, -0.2) is 28.1 Å². The monoisotopic (exact) mass is 399 g/mol. The summed E-state index contributed by atoms with van der Waals surface area (Å²) in [6, 6.07) is 6.82. The van der Waals surface area contributed by atoms with E-state index in [9.17, 15) is 18.0 Å². The zero-order valence-corrected chi connectivity index (χ0v) is 14.9. The van der Waals surface area contributed by atoms with Gasteiger partial charge in [0.2, 0.25) is 0 Å². The summed E-state index contributed by atoms with van der Waals surface area (Å²) < 4.78 is 48.3. The van der Waals surface area contributed by atoms with Crippen molar-refractivity contribution in [1.82, 2.24) is 15.0 Å². The van der Waals surface area contributed by atoms with Gasteiger partial charge in [-0.15, -0.1) is 0 Å². The Kier molecular flexibility index (Phi) is 4.97. The van der Waals surface area contributed by atoms with E-state index in [0.29, 0.717) is 16.8 Å². The minimum atomic E-state index is -4.49. The van der Waals surface area contributed by atoms with Gasteiger partial charge < -0.3 is 9.47 Å². The molecule has 1 atom stereocenters. The molecule has 2 aromatic carbocycles. The lowest BCUT2D eigenvalue weighted by Gasteiger charge is -2.11. The number of methoxy groups -OCH3 is 1.